The Hall–Kier alpha value is -1.35. The molecule has 104 valence electrons. The van der Waals surface area contributed by atoms with E-state index in [2.05, 4.69) is 55.7 Å². The van der Waals surface area contributed by atoms with Gasteiger partial charge in [0.2, 0.25) is 5.91 Å². The van der Waals surface area contributed by atoms with Crippen LogP contribution in [-0.2, 0) is 11.3 Å². The van der Waals surface area contributed by atoms with Crippen molar-refractivity contribution in [3.63, 3.8) is 0 Å². The predicted molar refractivity (Wildman–Crippen MR) is 77.8 cm³/mol. The SMILES string of the molecule is Cc1ccc(CNC(=O)C2(C(C)C)CCNC2)cc1. The van der Waals surface area contributed by atoms with Crippen LogP contribution in [0, 0.1) is 18.3 Å². The fourth-order valence-corrected chi connectivity index (χ4v) is 2.72. The smallest absolute Gasteiger partial charge is 0.228 e. The van der Waals surface area contributed by atoms with Gasteiger partial charge in [-0.2, -0.15) is 0 Å². The van der Waals surface area contributed by atoms with E-state index >= 15 is 0 Å². The molecule has 1 aromatic rings. The molecule has 1 heterocycles. The van der Waals surface area contributed by atoms with Crippen LogP contribution in [-0.4, -0.2) is 19.0 Å². The molecule has 3 heteroatoms. The van der Waals surface area contributed by atoms with E-state index in [0.29, 0.717) is 12.5 Å². The molecule has 3 nitrogen and oxygen atoms in total. The van der Waals surface area contributed by atoms with Crippen LogP contribution in [0.1, 0.15) is 31.4 Å². The minimum Gasteiger partial charge on any atom is -0.351 e. The fourth-order valence-electron chi connectivity index (χ4n) is 2.72. The molecular formula is C16H24N2O. The van der Waals surface area contributed by atoms with Gasteiger partial charge < -0.3 is 10.6 Å². The van der Waals surface area contributed by atoms with Crippen molar-refractivity contribution in [2.24, 2.45) is 11.3 Å². The molecule has 0 spiro atoms. The van der Waals surface area contributed by atoms with E-state index in [1.807, 2.05) is 0 Å². The zero-order chi connectivity index (χ0) is 13.9. The average molecular weight is 260 g/mol. The summed E-state index contributed by atoms with van der Waals surface area (Å²) in [5, 5.41) is 6.42. The maximum Gasteiger partial charge on any atom is 0.228 e. The van der Waals surface area contributed by atoms with Crippen LogP contribution in [0.15, 0.2) is 24.3 Å². The lowest BCUT2D eigenvalue weighted by atomic mass is 9.75. The Kier molecular flexibility index (Phi) is 4.25. The molecule has 0 aromatic heterocycles. The number of hydrogen-bond acceptors (Lipinski definition) is 2. The van der Waals surface area contributed by atoms with Gasteiger partial charge in [0.15, 0.2) is 0 Å². The molecule has 0 aliphatic carbocycles. The number of rotatable bonds is 4. The molecule has 1 atom stereocenters. The zero-order valence-electron chi connectivity index (χ0n) is 12.1. The van der Waals surface area contributed by atoms with Crippen molar-refractivity contribution in [1.29, 1.82) is 0 Å². The fraction of sp³-hybridized carbons (Fsp3) is 0.562. The summed E-state index contributed by atoms with van der Waals surface area (Å²) in [5.41, 5.74) is 2.17. The van der Waals surface area contributed by atoms with Gasteiger partial charge in [-0.3, -0.25) is 4.79 Å². The second-order valence-electron chi connectivity index (χ2n) is 5.91. The molecule has 19 heavy (non-hydrogen) atoms. The van der Waals surface area contributed by atoms with E-state index in [1.54, 1.807) is 0 Å². The molecule has 1 saturated heterocycles. The monoisotopic (exact) mass is 260 g/mol. The first-order valence-electron chi connectivity index (χ1n) is 7.09. The average Bonchev–Trinajstić information content (AvgIpc) is 2.88. The van der Waals surface area contributed by atoms with Gasteiger partial charge in [-0.15, -0.1) is 0 Å². The Labute approximate surface area is 115 Å². The van der Waals surface area contributed by atoms with E-state index in [9.17, 15) is 4.79 Å². The summed E-state index contributed by atoms with van der Waals surface area (Å²) in [6.07, 6.45) is 0.935. The largest absolute Gasteiger partial charge is 0.351 e. The van der Waals surface area contributed by atoms with Gasteiger partial charge >= 0.3 is 0 Å². The van der Waals surface area contributed by atoms with Gasteiger partial charge in [0.05, 0.1) is 5.41 Å². The van der Waals surface area contributed by atoms with Crippen LogP contribution in [0.4, 0.5) is 0 Å². The molecule has 1 aromatic carbocycles. The summed E-state index contributed by atoms with van der Waals surface area (Å²) in [4.78, 5) is 12.5. The van der Waals surface area contributed by atoms with Gasteiger partial charge in [-0.25, -0.2) is 0 Å². The minimum atomic E-state index is -0.231. The molecule has 2 rings (SSSR count). The Morgan fingerprint density at radius 1 is 1.37 bits per heavy atom. The highest BCUT2D eigenvalue weighted by molar-refractivity contribution is 5.83. The first-order valence-corrected chi connectivity index (χ1v) is 7.09. The van der Waals surface area contributed by atoms with Gasteiger partial charge in [0.1, 0.15) is 0 Å². The molecule has 2 N–H and O–H groups in total. The Morgan fingerprint density at radius 3 is 2.58 bits per heavy atom. The number of carbonyl (C=O) groups is 1. The third-order valence-corrected chi connectivity index (χ3v) is 4.32. The number of amides is 1. The van der Waals surface area contributed by atoms with Crippen LogP contribution in [0.3, 0.4) is 0 Å². The standard InChI is InChI=1S/C16H24N2O/c1-12(2)16(8-9-17-11-16)15(19)18-10-14-6-4-13(3)5-7-14/h4-7,12,17H,8-11H2,1-3H3,(H,18,19). The molecule has 0 radical (unpaired) electrons. The highest BCUT2D eigenvalue weighted by atomic mass is 16.2. The van der Waals surface area contributed by atoms with Crippen molar-refractivity contribution in [2.45, 2.75) is 33.7 Å². The van der Waals surface area contributed by atoms with Crippen LogP contribution in [0.2, 0.25) is 0 Å². The third-order valence-electron chi connectivity index (χ3n) is 4.32. The number of benzene rings is 1. The summed E-state index contributed by atoms with van der Waals surface area (Å²) in [5.74, 6) is 0.550. The first-order chi connectivity index (χ1) is 9.04. The summed E-state index contributed by atoms with van der Waals surface area (Å²) in [6, 6.07) is 8.31. The lowest BCUT2D eigenvalue weighted by Crippen LogP contribution is -2.45. The summed E-state index contributed by atoms with van der Waals surface area (Å²) in [7, 11) is 0. The molecule has 0 bridgehead atoms. The number of carbonyl (C=O) groups excluding carboxylic acids is 1. The van der Waals surface area contributed by atoms with Crippen LogP contribution in [0.25, 0.3) is 0 Å². The van der Waals surface area contributed by atoms with Crippen molar-refractivity contribution < 1.29 is 4.79 Å². The van der Waals surface area contributed by atoms with E-state index < -0.39 is 0 Å². The van der Waals surface area contributed by atoms with Crippen LogP contribution < -0.4 is 10.6 Å². The Balaban J connectivity index is 1.98. The number of nitrogens with one attached hydrogen (secondary N) is 2. The van der Waals surface area contributed by atoms with Gasteiger partial charge in [0.25, 0.3) is 0 Å². The maximum atomic E-state index is 12.5. The lowest BCUT2D eigenvalue weighted by Gasteiger charge is -2.31. The van der Waals surface area contributed by atoms with Crippen LogP contribution in [0.5, 0.6) is 0 Å². The van der Waals surface area contributed by atoms with Crippen molar-refractivity contribution in [3.05, 3.63) is 35.4 Å². The lowest BCUT2D eigenvalue weighted by molar-refractivity contribution is -0.132. The Bertz CT molecular complexity index is 431. The summed E-state index contributed by atoms with van der Waals surface area (Å²) < 4.78 is 0. The highest BCUT2D eigenvalue weighted by Gasteiger charge is 2.43. The van der Waals surface area contributed by atoms with Gasteiger partial charge in [0, 0.05) is 13.1 Å². The molecule has 1 aliphatic rings. The van der Waals surface area contributed by atoms with Crippen molar-refractivity contribution in [1.82, 2.24) is 10.6 Å². The maximum absolute atomic E-state index is 12.5. The van der Waals surface area contributed by atoms with E-state index in [1.165, 1.54) is 5.56 Å². The van der Waals surface area contributed by atoms with Crippen molar-refractivity contribution in [2.75, 3.05) is 13.1 Å². The number of aryl methyl sites for hydroxylation is 1. The number of hydrogen-bond donors (Lipinski definition) is 2. The molecular weight excluding hydrogens is 236 g/mol. The summed E-state index contributed by atoms with van der Waals surface area (Å²) >= 11 is 0. The van der Waals surface area contributed by atoms with Crippen LogP contribution >= 0.6 is 0 Å². The molecule has 0 saturated carbocycles. The van der Waals surface area contributed by atoms with Crippen molar-refractivity contribution in [3.8, 4) is 0 Å². The molecule has 1 aliphatic heterocycles. The zero-order valence-corrected chi connectivity index (χ0v) is 12.1. The summed E-state index contributed by atoms with van der Waals surface area (Å²) in [6.45, 7) is 8.70. The molecule has 1 unspecified atom stereocenters. The highest BCUT2D eigenvalue weighted by Crippen LogP contribution is 2.34. The second-order valence-corrected chi connectivity index (χ2v) is 5.91. The molecule has 1 fully saturated rings. The Morgan fingerprint density at radius 2 is 2.05 bits per heavy atom. The quantitative estimate of drug-likeness (QED) is 0.872. The van der Waals surface area contributed by atoms with Gasteiger partial charge in [-0.05, 0) is 31.4 Å². The molecule has 1 amide bonds. The topological polar surface area (TPSA) is 41.1 Å². The second kappa shape index (κ2) is 5.74. The van der Waals surface area contributed by atoms with E-state index in [-0.39, 0.29) is 11.3 Å². The van der Waals surface area contributed by atoms with E-state index in [4.69, 9.17) is 0 Å². The van der Waals surface area contributed by atoms with E-state index in [0.717, 1.165) is 25.1 Å². The van der Waals surface area contributed by atoms with Gasteiger partial charge in [-0.1, -0.05) is 43.7 Å². The first kappa shape index (κ1) is 14.1. The predicted octanol–water partition coefficient (Wildman–Crippen LogP) is 2.25. The minimum absolute atomic E-state index is 0.188. The normalized spacial score (nSPS) is 22.7. The third kappa shape index (κ3) is 2.98. The van der Waals surface area contributed by atoms with Crippen molar-refractivity contribution >= 4 is 5.91 Å².